The number of amides is 1. The molecule has 0 radical (unpaired) electrons. The van der Waals surface area contributed by atoms with Gasteiger partial charge in [0.15, 0.2) is 5.78 Å². The number of fused-ring (bicyclic) bond motifs is 1. The number of benzene rings is 2. The number of halogens is 1. The first-order valence-corrected chi connectivity index (χ1v) is 12.0. The molecule has 2 aromatic rings. The number of anilines is 1. The highest BCUT2D eigenvalue weighted by Crippen LogP contribution is 2.39. The Bertz CT molecular complexity index is 1100. The number of unbranched alkanes of at least 4 members (excludes halogenated alkanes) is 1. The highest BCUT2D eigenvalue weighted by molar-refractivity contribution is 6.26. The van der Waals surface area contributed by atoms with Crippen LogP contribution in [0, 0.1) is 17.7 Å². The largest absolute Gasteiger partial charge is 0.392 e. The van der Waals surface area contributed by atoms with Gasteiger partial charge in [0.25, 0.3) is 5.91 Å². The summed E-state index contributed by atoms with van der Waals surface area (Å²) in [6, 6.07) is 12.9. The molecule has 3 N–H and O–H groups in total. The van der Waals surface area contributed by atoms with Crippen LogP contribution in [0.15, 0.2) is 53.5 Å². The average Bonchev–Trinajstić information content (AvgIpc) is 3.68. The predicted molar refractivity (Wildman–Crippen MR) is 130 cm³/mol. The van der Waals surface area contributed by atoms with Crippen LogP contribution in [0.3, 0.4) is 0 Å². The number of likely N-dealkylation sites (N-methyl/N-ethyl adjacent to an activating group) is 1. The molecule has 1 amide bonds. The third-order valence-electron chi connectivity index (χ3n) is 6.87. The summed E-state index contributed by atoms with van der Waals surface area (Å²) in [6.45, 7) is 2.02. The standard InChI is InChI=1S/C27H32FN3O3/c1-3-4-9-23(32)21(16-17-10-11-17)25(33)27(29)26(34)31(2)22-8-6-5-7-20(22)24(30-27)18-12-14-19(28)15-13-18/h5-8,12-15,17,21,23,32H,3-4,9-11,16,29H2,1-2H3/t21-,23+,27?/m1/s1. The van der Waals surface area contributed by atoms with E-state index in [4.69, 9.17) is 5.73 Å². The lowest BCUT2D eigenvalue weighted by molar-refractivity contribution is -0.139. The van der Waals surface area contributed by atoms with E-state index >= 15 is 0 Å². The molecule has 1 saturated carbocycles. The summed E-state index contributed by atoms with van der Waals surface area (Å²) in [6.07, 6.45) is 3.75. The molecule has 4 rings (SSSR count). The zero-order chi connectivity index (χ0) is 24.5. The van der Waals surface area contributed by atoms with Crippen molar-refractivity contribution >= 4 is 23.1 Å². The minimum absolute atomic E-state index is 0.345. The maximum absolute atomic E-state index is 14.0. The second kappa shape index (κ2) is 9.76. The maximum atomic E-state index is 14.0. The van der Waals surface area contributed by atoms with Crippen LogP contribution in [0.4, 0.5) is 10.1 Å². The van der Waals surface area contributed by atoms with E-state index in [0.29, 0.717) is 41.3 Å². The van der Waals surface area contributed by atoms with Gasteiger partial charge in [0.05, 0.1) is 17.5 Å². The number of nitrogens with two attached hydrogens (primary N) is 1. The number of carbonyl (C=O) groups excluding carboxylic acids is 2. The fraction of sp³-hybridized carbons (Fsp3) is 0.444. The molecule has 0 spiro atoms. The molecule has 34 heavy (non-hydrogen) atoms. The van der Waals surface area contributed by atoms with E-state index in [0.717, 1.165) is 25.7 Å². The molecule has 180 valence electrons. The van der Waals surface area contributed by atoms with Crippen LogP contribution in [0.25, 0.3) is 0 Å². The lowest BCUT2D eigenvalue weighted by Gasteiger charge is -2.31. The SMILES string of the molecule is CCCC[C@H](O)[C@@H](CC1CC1)C(=O)C1(N)N=C(c2ccc(F)cc2)c2ccccc2N(C)C1=O. The van der Waals surface area contributed by atoms with Crippen LogP contribution in [0.5, 0.6) is 0 Å². The van der Waals surface area contributed by atoms with Crippen LogP contribution in [-0.4, -0.2) is 41.3 Å². The van der Waals surface area contributed by atoms with E-state index in [2.05, 4.69) is 4.99 Å². The van der Waals surface area contributed by atoms with Crippen molar-refractivity contribution < 1.29 is 19.1 Å². The van der Waals surface area contributed by atoms with Gasteiger partial charge >= 0.3 is 0 Å². The van der Waals surface area contributed by atoms with Gasteiger partial charge in [-0.1, -0.05) is 50.8 Å². The summed E-state index contributed by atoms with van der Waals surface area (Å²) >= 11 is 0. The van der Waals surface area contributed by atoms with Gasteiger partial charge in [-0.2, -0.15) is 0 Å². The van der Waals surface area contributed by atoms with Crippen molar-refractivity contribution in [2.45, 2.75) is 57.2 Å². The third kappa shape index (κ3) is 4.68. The molecule has 1 aliphatic carbocycles. The molecule has 7 heteroatoms. The van der Waals surface area contributed by atoms with Crippen LogP contribution >= 0.6 is 0 Å². The van der Waals surface area contributed by atoms with E-state index in [1.165, 1.54) is 17.0 Å². The fourth-order valence-electron chi connectivity index (χ4n) is 4.65. The Morgan fingerprint density at radius 2 is 1.91 bits per heavy atom. The highest BCUT2D eigenvalue weighted by atomic mass is 19.1. The third-order valence-corrected chi connectivity index (χ3v) is 6.87. The van der Waals surface area contributed by atoms with E-state index in [9.17, 15) is 19.1 Å². The molecule has 2 aliphatic rings. The summed E-state index contributed by atoms with van der Waals surface area (Å²) in [5.74, 6) is -2.04. The van der Waals surface area contributed by atoms with Crippen LogP contribution in [0.2, 0.25) is 0 Å². The number of para-hydroxylation sites is 1. The van der Waals surface area contributed by atoms with E-state index < -0.39 is 35.2 Å². The Kier molecular flexibility index (Phi) is 6.96. The van der Waals surface area contributed by atoms with Gasteiger partial charge in [-0.15, -0.1) is 0 Å². The number of hydrogen-bond donors (Lipinski definition) is 2. The molecule has 1 heterocycles. The van der Waals surface area contributed by atoms with Crippen LogP contribution in [0.1, 0.15) is 56.6 Å². The average molecular weight is 466 g/mol. The molecule has 3 atom stereocenters. The highest BCUT2D eigenvalue weighted by Gasteiger charge is 2.51. The van der Waals surface area contributed by atoms with Gasteiger partial charge in [0.1, 0.15) is 5.82 Å². The smallest absolute Gasteiger partial charge is 0.277 e. The van der Waals surface area contributed by atoms with Crippen molar-refractivity contribution in [2.75, 3.05) is 11.9 Å². The molecule has 0 saturated heterocycles. The summed E-state index contributed by atoms with van der Waals surface area (Å²) in [7, 11) is 1.57. The van der Waals surface area contributed by atoms with Gasteiger partial charge in [-0.3, -0.25) is 15.3 Å². The zero-order valence-corrected chi connectivity index (χ0v) is 19.7. The second-order valence-corrected chi connectivity index (χ2v) is 9.47. The zero-order valence-electron chi connectivity index (χ0n) is 19.7. The van der Waals surface area contributed by atoms with Crippen molar-refractivity contribution in [2.24, 2.45) is 22.6 Å². The topological polar surface area (TPSA) is 96.0 Å². The van der Waals surface area contributed by atoms with Gasteiger partial charge in [0, 0.05) is 24.1 Å². The van der Waals surface area contributed by atoms with E-state index in [1.807, 2.05) is 13.0 Å². The molecule has 2 aromatic carbocycles. The predicted octanol–water partition coefficient (Wildman–Crippen LogP) is 3.83. The molecule has 0 bridgehead atoms. The Labute approximate surface area is 199 Å². The second-order valence-electron chi connectivity index (χ2n) is 9.47. The summed E-state index contributed by atoms with van der Waals surface area (Å²) in [4.78, 5) is 33.6. The van der Waals surface area contributed by atoms with E-state index in [1.54, 1.807) is 37.4 Å². The molecule has 1 fully saturated rings. The van der Waals surface area contributed by atoms with Crippen molar-refractivity contribution in [1.29, 1.82) is 0 Å². The first kappa shape index (κ1) is 24.2. The van der Waals surface area contributed by atoms with Crippen molar-refractivity contribution in [3.63, 3.8) is 0 Å². The number of aliphatic imine (C=N–C) groups is 1. The number of nitrogens with zero attached hydrogens (tertiary/aromatic N) is 2. The number of aliphatic hydroxyl groups is 1. The molecule has 1 unspecified atom stereocenters. The number of carbonyl (C=O) groups is 2. The van der Waals surface area contributed by atoms with Gasteiger partial charge in [-0.05, 0) is 49.1 Å². The van der Waals surface area contributed by atoms with Gasteiger partial charge in [0.2, 0.25) is 5.66 Å². The molecular weight excluding hydrogens is 433 g/mol. The number of benzodiazepines with no additional fused rings is 1. The summed E-state index contributed by atoms with van der Waals surface area (Å²) in [5.41, 5.74) is 6.49. The summed E-state index contributed by atoms with van der Waals surface area (Å²) in [5, 5.41) is 11.0. The number of hydrogen-bond acceptors (Lipinski definition) is 5. The monoisotopic (exact) mass is 465 g/mol. The Balaban J connectivity index is 1.83. The van der Waals surface area contributed by atoms with E-state index in [-0.39, 0.29) is 0 Å². The minimum Gasteiger partial charge on any atom is -0.392 e. The first-order valence-electron chi connectivity index (χ1n) is 12.0. The number of ketones is 1. The van der Waals surface area contributed by atoms with Crippen molar-refractivity contribution in [3.8, 4) is 0 Å². The normalized spacial score (nSPS) is 22.0. The Morgan fingerprint density at radius 1 is 1.24 bits per heavy atom. The lowest BCUT2D eigenvalue weighted by atomic mass is 9.82. The maximum Gasteiger partial charge on any atom is 0.277 e. The molecular formula is C27H32FN3O3. The number of aliphatic hydroxyl groups excluding tert-OH is 1. The van der Waals surface area contributed by atoms with Crippen molar-refractivity contribution in [3.05, 3.63) is 65.5 Å². The van der Waals surface area contributed by atoms with Crippen molar-refractivity contribution in [1.82, 2.24) is 0 Å². The first-order chi connectivity index (χ1) is 16.3. The quantitative estimate of drug-likeness (QED) is 0.550. The Morgan fingerprint density at radius 3 is 2.56 bits per heavy atom. The Hall–Kier alpha value is -2.90. The van der Waals surface area contributed by atoms with Crippen LogP contribution < -0.4 is 10.6 Å². The van der Waals surface area contributed by atoms with Gasteiger partial charge in [-0.25, -0.2) is 9.38 Å². The number of Topliss-reactive ketones (excluding diaryl/α,β-unsaturated/α-hetero) is 1. The lowest BCUT2D eigenvalue weighted by Crippen LogP contribution is -2.61. The van der Waals surface area contributed by atoms with Gasteiger partial charge < -0.3 is 10.0 Å². The summed E-state index contributed by atoms with van der Waals surface area (Å²) < 4.78 is 13.6. The fourth-order valence-corrected chi connectivity index (χ4v) is 4.65. The number of rotatable bonds is 9. The van der Waals surface area contributed by atoms with Crippen LogP contribution in [-0.2, 0) is 9.59 Å². The molecule has 1 aliphatic heterocycles. The minimum atomic E-state index is -2.20. The molecule has 6 nitrogen and oxygen atoms in total. The molecule has 0 aromatic heterocycles.